The van der Waals surface area contributed by atoms with Gasteiger partial charge in [0.1, 0.15) is 5.82 Å². The van der Waals surface area contributed by atoms with E-state index in [9.17, 15) is 0 Å². The first kappa shape index (κ1) is 10.4. The van der Waals surface area contributed by atoms with E-state index < -0.39 is 0 Å². The van der Waals surface area contributed by atoms with Crippen LogP contribution in [0.25, 0.3) is 17.0 Å². The SMILES string of the molecule is C=Cc1ccc2nc([C@H]3CCOC3)ncc2c1. The second-order valence-corrected chi connectivity index (χ2v) is 4.31. The van der Waals surface area contributed by atoms with Crippen LogP contribution in [0.15, 0.2) is 31.0 Å². The number of rotatable bonds is 2. The highest BCUT2D eigenvalue weighted by Gasteiger charge is 2.20. The smallest absolute Gasteiger partial charge is 0.134 e. The molecule has 17 heavy (non-hydrogen) atoms. The Kier molecular flexibility index (Phi) is 2.61. The predicted octanol–water partition coefficient (Wildman–Crippen LogP) is 2.78. The Hall–Kier alpha value is -1.74. The molecule has 1 atom stereocenters. The molecular weight excluding hydrogens is 212 g/mol. The topological polar surface area (TPSA) is 35.0 Å². The highest BCUT2D eigenvalue weighted by atomic mass is 16.5. The number of hydrogen-bond donors (Lipinski definition) is 0. The van der Waals surface area contributed by atoms with E-state index in [1.54, 1.807) is 0 Å². The van der Waals surface area contributed by atoms with Crippen molar-refractivity contribution in [1.29, 1.82) is 0 Å². The standard InChI is InChI=1S/C14H14N2O/c1-2-10-3-4-13-12(7-10)8-15-14(16-13)11-5-6-17-9-11/h2-4,7-8,11H,1,5-6,9H2/t11-/m0/s1. The van der Waals surface area contributed by atoms with Crippen LogP contribution in [0.2, 0.25) is 0 Å². The summed E-state index contributed by atoms with van der Waals surface area (Å²) in [5.41, 5.74) is 2.09. The van der Waals surface area contributed by atoms with Crippen LogP contribution in [0.3, 0.4) is 0 Å². The summed E-state index contributed by atoms with van der Waals surface area (Å²) in [5.74, 6) is 1.26. The highest BCUT2D eigenvalue weighted by Crippen LogP contribution is 2.23. The van der Waals surface area contributed by atoms with Gasteiger partial charge in [0.15, 0.2) is 0 Å². The van der Waals surface area contributed by atoms with Gasteiger partial charge in [-0.15, -0.1) is 0 Å². The van der Waals surface area contributed by atoms with Gasteiger partial charge in [-0.25, -0.2) is 9.97 Å². The lowest BCUT2D eigenvalue weighted by Crippen LogP contribution is -2.03. The van der Waals surface area contributed by atoms with Gasteiger partial charge in [0.2, 0.25) is 0 Å². The second-order valence-electron chi connectivity index (χ2n) is 4.31. The van der Waals surface area contributed by atoms with Crippen LogP contribution in [0, 0.1) is 0 Å². The van der Waals surface area contributed by atoms with E-state index in [2.05, 4.69) is 22.6 Å². The van der Waals surface area contributed by atoms with E-state index in [0.717, 1.165) is 41.9 Å². The third-order valence-electron chi connectivity index (χ3n) is 3.15. The maximum atomic E-state index is 5.37. The Labute approximate surface area is 100 Å². The van der Waals surface area contributed by atoms with Gasteiger partial charge in [0.05, 0.1) is 12.1 Å². The van der Waals surface area contributed by atoms with Gasteiger partial charge in [-0.1, -0.05) is 18.7 Å². The number of benzene rings is 1. The molecule has 0 bridgehead atoms. The Morgan fingerprint density at radius 1 is 1.41 bits per heavy atom. The van der Waals surface area contributed by atoms with Gasteiger partial charge < -0.3 is 4.74 Å². The largest absolute Gasteiger partial charge is 0.381 e. The van der Waals surface area contributed by atoms with Crippen LogP contribution in [0.1, 0.15) is 23.7 Å². The highest BCUT2D eigenvalue weighted by molar-refractivity contribution is 5.80. The summed E-state index contributed by atoms with van der Waals surface area (Å²) < 4.78 is 5.37. The van der Waals surface area contributed by atoms with Crippen LogP contribution in [0.5, 0.6) is 0 Å². The van der Waals surface area contributed by atoms with Crippen molar-refractivity contribution in [3.05, 3.63) is 42.4 Å². The van der Waals surface area contributed by atoms with Gasteiger partial charge in [0.25, 0.3) is 0 Å². The number of nitrogens with zero attached hydrogens (tertiary/aromatic N) is 2. The van der Waals surface area contributed by atoms with E-state index in [-0.39, 0.29) is 0 Å². The molecule has 2 heterocycles. The van der Waals surface area contributed by atoms with Gasteiger partial charge in [-0.3, -0.25) is 0 Å². The second kappa shape index (κ2) is 4.26. The quantitative estimate of drug-likeness (QED) is 0.789. The zero-order valence-electron chi connectivity index (χ0n) is 9.60. The van der Waals surface area contributed by atoms with E-state index in [4.69, 9.17) is 4.74 Å². The Morgan fingerprint density at radius 2 is 2.35 bits per heavy atom. The molecule has 0 amide bonds. The lowest BCUT2D eigenvalue weighted by Gasteiger charge is -2.07. The molecule has 3 nitrogen and oxygen atoms in total. The molecule has 0 radical (unpaired) electrons. The van der Waals surface area contributed by atoms with Crippen molar-refractivity contribution >= 4 is 17.0 Å². The average Bonchev–Trinajstić information content (AvgIpc) is 2.91. The summed E-state index contributed by atoms with van der Waals surface area (Å²) in [4.78, 5) is 9.05. The molecule has 2 aromatic rings. The van der Waals surface area contributed by atoms with Crippen molar-refractivity contribution in [2.24, 2.45) is 0 Å². The van der Waals surface area contributed by atoms with Crippen molar-refractivity contribution in [3.8, 4) is 0 Å². The normalized spacial score (nSPS) is 19.6. The molecule has 0 unspecified atom stereocenters. The van der Waals surface area contributed by atoms with E-state index in [1.807, 2.05) is 24.4 Å². The number of hydrogen-bond acceptors (Lipinski definition) is 3. The van der Waals surface area contributed by atoms with Crippen molar-refractivity contribution in [2.75, 3.05) is 13.2 Å². The molecule has 0 aliphatic carbocycles. The molecule has 1 aromatic heterocycles. The van der Waals surface area contributed by atoms with Crippen molar-refractivity contribution < 1.29 is 4.74 Å². The van der Waals surface area contributed by atoms with Crippen LogP contribution in [0.4, 0.5) is 0 Å². The predicted molar refractivity (Wildman–Crippen MR) is 67.8 cm³/mol. The number of aromatic nitrogens is 2. The monoisotopic (exact) mass is 226 g/mol. The molecular formula is C14H14N2O. The molecule has 0 N–H and O–H groups in total. The van der Waals surface area contributed by atoms with Gasteiger partial charge >= 0.3 is 0 Å². The summed E-state index contributed by atoms with van der Waals surface area (Å²) in [7, 11) is 0. The summed E-state index contributed by atoms with van der Waals surface area (Å²) >= 11 is 0. The van der Waals surface area contributed by atoms with E-state index in [1.165, 1.54) is 0 Å². The molecule has 3 rings (SSSR count). The van der Waals surface area contributed by atoms with Crippen LogP contribution in [-0.4, -0.2) is 23.2 Å². The molecule has 1 aliphatic heterocycles. The minimum atomic E-state index is 0.360. The van der Waals surface area contributed by atoms with Crippen LogP contribution < -0.4 is 0 Å². The first-order valence-corrected chi connectivity index (χ1v) is 5.84. The number of ether oxygens (including phenoxy) is 1. The molecule has 86 valence electrons. The maximum absolute atomic E-state index is 5.37. The third-order valence-corrected chi connectivity index (χ3v) is 3.15. The molecule has 1 aliphatic rings. The minimum absolute atomic E-state index is 0.360. The zero-order valence-corrected chi connectivity index (χ0v) is 9.60. The van der Waals surface area contributed by atoms with Crippen LogP contribution in [-0.2, 0) is 4.74 Å². The summed E-state index contributed by atoms with van der Waals surface area (Å²) in [6.45, 7) is 5.33. The van der Waals surface area contributed by atoms with Gasteiger partial charge in [-0.05, 0) is 24.1 Å². The zero-order chi connectivity index (χ0) is 11.7. The summed E-state index contributed by atoms with van der Waals surface area (Å²) in [5, 5.41) is 1.06. The summed E-state index contributed by atoms with van der Waals surface area (Å²) in [6.07, 6.45) is 4.75. The van der Waals surface area contributed by atoms with Gasteiger partial charge in [0, 0.05) is 24.1 Å². The fourth-order valence-corrected chi connectivity index (χ4v) is 2.13. The number of fused-ring (bicyclic) bond motifs is 1. The maximum Gasteiger partial charge on any atom is 0.134 e. The molecule has 1 fully saturated rings. The Morgan fingerprint density at radius 3 is 3.12 bits per heavy atom. The molecule has 3 heteroatoms. The molecule has 1 aromatic carbocycles. The molecule has 1 saturated heterocycles. The fourth-order valence-electron chi connectivity index (χ4n) is 2.13. The molecule has 0 saturated carbocycles. The van der Waals surface area contributed by atoms with Gasteiger partial charge in [-0.2, -0.15) is 0 Å². The lowest BCUT2D eigenvalue weighted by molar-refractivity contribution is 0.193. The summed E-state index contributed by atoms with van der Waals surface area (Å²) in [6, 6.07) is 6.10. The lowest BCUT2D eigenvalue weighted by atomic mass is 10.1. The first-order valence-electron chi connectivity index (χ1n) is 5.84. The third kappa shape index (κ3) is 1.94. The van der Waals surface area contributed by atoms with E-state index >= 15 is 0 Å². The van der Waals surface area contributed by atoms with Crippen molar-refractivity contribution in [1.82, 2.24) is 9.97 Å². The minimum Gasteiger partial charge on any atom is -0.381 e. The molecule has 0 spiro atoms. The first-order chi connectivity index (χ1) is 8.36. The average molecular weight is 226 g/mol. The van der Waals surface area contributed by atoms with E-state index in [0.29, 0.717) is 5.92 Å². The van der Waals surface area contributed by atoms with Crippen molar-refractivity contribution in [2.45, 2.75) is 12.3 Å². The Balaban J connectivity index is 2.03. The Bertz CT molecular complexity index is 559. The van der Waals surface area contributed by atoms with Crippen molar-refractivity contribution in [3.63, 3.8) is 0 Å². The van der Waals surface area contributed by atoms with Crippen LogP contribution >= 0.6 is 0 Å². The fraction of sp³-hybridized carbons (Fsp3) is 0.286.